The third kappa shape index (κ3) is 2.27. The summed E-state index contributed by atoms with van der Waals surface area (Å²) in [6, 6.07) is 8.30. The quantitative estimate of drug-likeness (QED) is 0.901. The van der Waals surface area contributed by atoms with E-state index >= 15 is 0 Å². The van der Waals surface area contributed by atoms with Gasteiger partial charge in [-0.15, -0.1) is 0 Å². The van der Waals surface area contributed by atoms with Crippen LogP contribution in [0.15, 0.2) is 24.3 Å². The summed E-state index contributed by atoms with van der Waals surface area (Å²) in [5.74, 6) is 0.664. The van der Waals surface area contributed by atoms with E-state index in [1.807, 2.05) is 31.2 Å². The summed E-state index contributed by atoms with van der Waals surface area (Å²) in [4.78, 5) is 23.1. The summed E-state index contributed by atoms with van der Waals surface area (Å²) in [5, 5.41) is 3.06. The van der Waals surface area contributed by atoms with E-state index in [2.05, 4.69) is 15.2 Å². The van der Waals surface area contributed by atoms with Crippen LogP contribution in [-0.4, -0.2) is 39.9 Å². The third-order valence-electron chi connectivity index (χ3n) is 4.53. The number of benzene rings is 1. The fourth-order valence-corrected chi connectivity index (χ4v) is 3.45. The van der Waals surface area contributed by atoms with Crippen LogP contribution in [0.2, 0.25) is 0 Å². The standard InChI is InChI=1S/C16H18N4O/c1-10-14(18-13-5-3-2-4-12(13)17-10)8-20-7-11-6-16(21)19-15(11)9-20/h2-5,11,15H,6-9H2,1H3,(H,19,21)/t11-,15+/m0/s1. The summed E-state index contributed by atoms with van der Waals surface area (Å²) in [6.07, 6.45) is 0.670. The number of hydrogen-bond acceptors (Lipinski definition) is 4. The van der Waals surface area contributed by atoms with Crippen molar-refractivity contribution in [3.63, 3.8) is 0 Å². The third-order valence-corrected chi connectivity index (χ3v) is 4.53. The number of nitrogens with zero attached hydrogens (tertiary/aromatic N) is 3. The molecule has 1 aromatic heterocycles. The first-order valence-corrected chi connectivity index (χ1v) is 7.43. The van der Waals surface area contributed by atoms with Gasteiger partial charge in [-0.1, -0.05) is 12.1 Å². The molecule has 4 rings (SSSR count). The number of rotatable bonds is 2. The average molecular weight is 282 g/mol. The molecular weight excluding hydrogens is 264 g/mol. The second-order valence-corrected chi connectivity index (χ2v) is 6.08. The number of hydrogen-bond donors (Lipinski definition) is 1. The second-order valence-electron chi connectivity index (χ2n) is 6.08. The number of aromatic nitrogens is 2. The maximum Gasteiger partial charge on any atom is 0.220 e. The number of carbonyl (C=O) groups is 1. The highest BCUT2D eigenvalue weighted by atomic mass is 16.2. The van der Waals surface area contributed by atoms with E-state index in [1.54, 1.807) is 0 Å². The lowest BCUT2D eigenvalue weighted by atomic mass is 10.1. The molecule has 0 unspecified atom stereocenters. The molecule has 108 valence electrons. The van der Waals surface area contributed by atoms with Crippen LogP contribution in [0, 0.1) is 12.8 Å². The largest absolute Gasteiger partial charge is 0.352 e. The van der Waals surface area contributed by atoms with E-state index in [0.717, 1.165) is 42.1 Å². The zero-order chi connectivity index (χ0) is 14.4. The SMILES string of the molecule is Cc1nc2ccccc2nc1CN1C[C@@H]2CC(=O)N[C@@H]2C1. The van der Waals surface area contributed by atoms with Gasteiger partial charge in [-0.05, 0) is 19.1 Å². The van der Waals surface area contributed by atoms with Gasteiger partial charge in [-0.3, -0.25) is 9.69 Å². The molecule has 0 spiro atoms. The Morgan fingerprint density at radius 3 is 2.76 bits per heavy atom. The van der Waals surface area contributed by atoms with E-state index in [9.17, 15) is 4.79 Å². The molecule has 1 aromatic carbocycles. The molecule has 5 heteroatoms. The molecule has 2 aromatic rings. The maximum atomic E-state index is 11.4. The Morgan fingerprint density at radius 2 is 2.00 bits per heavy atom. The zero-order valence-corrected chi connectivity index (χ0v) is 12.0. The molecule has 1 amide bonds. The minimum atomic E-state index is 0.200. The molecule has 2 aliphatic heterocycles. The van der Waals surface area contributed by atoms with Crippen molar-refractivity contribution in [2.24, 2.45) is 5.92 Å². The fourth-order valence-electron chi connectivity index (χ4n) is 3.45. The van der Waals surface area contributed by atoms with Gasteiger partial charge in [-0.2, -0.15) is 0 Å². The van der Waals surface area contributed by atoms with Gasteiger partial charge in [0.05, 0.1) is 22.4 Å². The van der Waals surface area contributed by atoms with E-state index in [1.165, 1.54) is 0 Å². The van der Waals surface area contributed by atoms with E-state index in [0.29, 0.717) is 18.4 Å². The first-order valence-electron chi connectivity index (χ1n) is 7.43. The normalized spacial score (nSPS) is 25.3. The second kappa shape index (κ2) is 4.77. The maximum absolute atomic E-state index is 11.4. The molecule has 0 aliphatic carbocycles. The van der Waals surface area contributed by atoms with Crippen LogP contribution in [0.25, 0.3) is 11.0 Å². The Kier molecular flexibility index (Phi) is 2.89. The lowest BCUT2D eigenvalue weighted by molar-refractivity contribution is -0.119. The average Bonchev–Trinajstić information content (AvgIpc) is 2.96. The van der Waals surface area contributed by atoms with Crippen molar-refractivity contribution in [2.45, 2.75) is 25.9 Å². The van der Waals surface area contributed by atoms with Crippen LogP contribution in [0.4, 0.5) is 0 Å². The minimum Gasteiger partial charge on any atom is -0.352 e. The Balaban J connectivity index is 1.55. The fraction of sp³-hybridized carbons (Fsp3) is 0.438. The highest BCUT2D eigenvalue weighted by molar-refractivity contribution is 5.79. The molecule has 2 saturated heterocycles. The van der Waals surface area contributed by atoms with Crippen molar-refractivity contribution in [3.05, 3.63) is 35.7 Å². The summed E-state index contributed by atoms with van der Waals surface area (Å²) in [6.45, 7) is 4.72. The monoisotopic (exact) mass is 282 g/mol. The summed E-state index contributed by atoms with van der Waals surface area (Å²) >= 11 is 0. The lowest BCUT2D eigenvalue weighted by Gasteiger charge is -2.17. The molecule has 2 fully saturated rings. The first kappa shape index (κ1) is 12.7. The van der Waals surface area contributed by atoms with E-state index < -0.39 is 0 Å². The number of aryl methyl sites for hydroxylation is 1. The predicted molar refractivity (Wildman–Crippen MR) is 79.6 cm³/mol. The van der Waals surface area contributed by atoms with Gasteiger partial charge in [0.25, 0.3) is 0 Å². The van der Waals surface area contributed by atoms with E-state index in [-0.39, 0.29) is 5.91 Å². The molecule has 2 atom stereocenters. The number of likely N-dealkylation sites (tertiary alicyclic amines) is 1. The van der Waals surface area contributed by atoms with Gasteiger partial charge < -0.3 is 5.32 Å². The van der Waals surface area contributed by atoms with Crippen molar-refractivity contribution >= 4 is 16.9 Å². The lowest BCUT2D eigenvalue weighted by Crippen LogP contribution is -2.32. The van der Waals surface area contributed by atoms with Crippen molar-refractivity contribution < 1.29 is 4.79 Å². The van der Waals surface area contributed by atoms with Gasteiger partial charge in [0.15, 0.2) is 0 Å². The Bertz CT molecular complexity index is 698. The Labute approximate surface area is 123 Å². The van der Waals surface area contributed by atoms with Crippen LogP contribution in [0.3, 0.4) is 0 Å². The van der Waals surface area contributed by atoms with Crippen molar-refractivity contribution in [2.75, 3.05) is 13.1 Å². The summed E-state index contributed by atoms with van der Waals surface area (Å²) in [7, 11) is 0. The van der Waals surface area contributed by atoms with Gasteiger partial charge >= 0.3 is 0 Å². The van der Waals surface area contributed by atoms with Crippen LogP contribution >= 0.6 is 0 Å². The zero-order valence-electron chi connectivity index (χ0n) is 12.0. The first-order chi connectivity index (χ1) is 10.2. The number of carbonyl (C=O) groups excluding carboxylic acids is 1. The van der Waals surface area contributed by atoms with Crippen molar-refractivity contribution in [3.8, 4) is 0 Å². The van der Waals surface area contributed by atoms with Gasteiger partial charge in [0, 0.05) is 38.0 Å². The molecular formula is C16H18N4O. The Morgan fingerprint density at radius 1 is 1.24 bits per heavy atom. The molecule has 5 nitrogen and oxygen atoms in total. The Hall–Kier alpha value is -2.01. The number of fused-ring (bicyclic) bond motifs is 2. The molecule has 0 bridgehead atoms. The molecule has 0 saturated carbocycles. The minimum absolute atomic E-state index is 0.200. The molecule has 21 heavy (non-hydrogen) atoms. The summed E-state index contributed by atoms with van der Waals surface area (Å²) in [5.41, 5.74) is 3.94. The highest BCUT2D eigenvalue weighted by Crippen LogP contribution is 2.26. The van der Waals surface area contributed by atoms with Gasteiger partial charge in [0.2, 0.25) is 5.91 Å². The number of para-hydroxylation sites is 2. The smallest absolute Gasteiger partial charge is 0.220 e. The van der Waals surface area contributed by atoms with Crippen LogP contribution < -0.4 is 5.32 Å². The summed E-state index contributed by atoms with van der Waals surface area (Å²) < 4.78 is 0. The number of amides is 1. The van der Waals surface area contributed by atoms with Crippen LogP contribution in [0.5, 0.6) is 0 Å². The molecule has 1 N–H and O–H groups in total. The highest BCUT2D eigenvalue weighted by Gasteiger charge is 2.39. The van der Waals surface area contributed by atoms with E-state index in [4.69, 9.17) is 4.98 Å². The van der Waals surface area contributed by atoms with Gasteiger partial charge in [0.1, 0.15) is 0 Å². The van der Waals surface area contributed by atoms with Crippen molar-refractivity contribution in [1.29, 1.82) is 0 Å². The molecule has 2 aliphatic rings. The number of nitrogens with one attached hydrogen (secondary N) is 1. The molecule has 0 radical (unpaired) electrons. The van der Waals surface area contributed by atoms with Crippen molar-refractivity contribution in [1.82, 2.24) is 20.2 Å². The van der Waals surface area contributed by atoms with Crippen LogP contribution in [-0.2, 0) is 11.3 Å². The molecule has 3 heterocycles. The predicted octanol–water partition coefficient (Wildman–Crippen LogP) is 1.26. The van der Waals surface area contributed by atoms with Gasteiger partial charge in [-0.25, -0.2) is 9.97 Å². The topological polar surface area (TPSA) is 58.1 Å². The van der Waals surface area contributed by atoms with Crippen LogP contribution in [0.1, 0.15) is 17.8 Å².